The Hall–Kier alpha value is -1.29. The Labute approximate surface area is 102 Å². The number of amides is 1. The van der Waals surface area contributed by atoms with E-state index in [0.717, 1.165) is 32.7 Å². The smallest absolute Gasteiger partial charge is 0.257 e. The van der Waals surface area contributed by atoms with Gasteiger partial charge in [0.25, 0.3) is 5.91 Å². The quantitative estimate of drug-likeness (QED) is 0.802. The number of nitrogens with zero attached hydrogens (tertiary/aromatic N) is 2. The molecule has 0 unspecified atom stereocenters. The maximum atomic E-state index is 12.2. The van der Waals surface area contributed by atoms with Crippen LogP contribution < -0.4 is 0 Å². The normalized spacial score (nSPS) is 17.4. The Kier molecular flexibility index (Phi) is 3.84. The topological polar surface area (TPSA) is 36.7 Å². The molecule has 0 bridgehead atoms. The number of hydrogen-bond acceptors (Lipinski definition) is 3. The van der Waals surface area contributed by atoms with Gasteiger partial charge in [-0.25, -0.2) is 0 Å². The molecule has 0 N–H and O–H groups in total. The third kappa shape index (κ3) is 2.69. The molecule has 1 aromatic heterocycles. The van der Waals surface area contributed by atoms with E-state index in [0.29, 0.717) is 11.3 Å². The highest BCUT2D eigenvalue weighted by atomic mass is 16.3. The molecule has 1 aromatic rings. The van der Waals surface area contributed by atoms with E-state index in [-0.39, 0.29) is 5.91 Å². The van der Waals surface area contributed by atoms with Crippen molar-refractivity contribution in [2.75, 3.05) is 32.7 Å². The van der Waals surface area contributed by atoms with Crippen LogP contribution in [0.4, 0.5) is 0 Å². The molecule has 2 heterocycles. The van der Waals surface area contributed by atoms with Crippen LogP contribution in [0.25, 0.3) is 0 Å². The van der Waals surface area contributed by atoms with E-state index in [1.54, 1.807) is 12.3 Å². The SMILES string of the molecule is CCCN1CCN(C(=O)c2ccoc2C)CC1. The summed E-state index contributed by atoms with van der Waals surface area (Å²) in [6.45, 7) is 8.76. The van der Waals surface area contributed by atoms with E-state index in [1.165, 1.54) is 6.42 Å². The summed E-state index contributed by atoms with van der Waals surface area (Å²) >= 11 is 0. The molecule has 0 spiro atoms. The molecule has 1 aliphatic rings. The van der Waals surface area contributed by atoms with Crippen LogP contribution in [0.15, 0.2) is 16.7 Å². The van der Waals surface area contributed by atoms with Crippen molar-refractivity contribution in [2.24, 2.45) is 0 Å². The highest BCUT2D eigenvalue weighted by Crippen LogP contribution is 2.13. The summed E-state index contributed by atoms with van der Waals surface area (Å²) in [6.07, 6.45) is 2.75. The number of furan rings is 1. The number of aryl methyl sites for hydroxylation is 1. The van der Waals surface area contributed by atoms with E-state index in [1.807, 2.05) is 11.8 Å². The summed E-state index contributed by atoms with van der Waals surface area (Å²) in [5, 5.41) is 0. The molecule has 0 aromatic carbocycles. The largest absolute Gasteiger partial charge is 0.469 e. The molecule has 1 aliphatic heterocycles. The van der Waals surface area contributed by atoms with Gasteiger partial charge in [-0.2, -0.15) is 0 Å². The van der Waals surface area contributed by atoms with E-state index in [2.05, 4.69) is 11.8 Å². The van der Waals surface area contributed by atoms with Gasteiger partial charge in [-0.1, -0.05) is 6.92 Å². The van der Waals surface area contributed by atoms with Crippen LogP contribution in [0, 0.1) is 6.92 Å². The van der Waals surface area contributed by atoms with E-state index in [4.69, 9.17) is 4.42 Å². The number of carbonyl (C=O) groups is 1. The lowest BCUT2D eigenvalue weighted by molar-refractivity contribution is 0.0636. The first kappa shape index (κ1) is 12.2. The molecule has 0 aliphatic carbocycles. The average molecular weight is 236 g/mol. The molecule has 1 saturated heterocycles. The third-order valence-electron chi connectivity index (χ3n) is 3.29. The van der Waals surface area contributed by atoms with Crippen LogP contribution in [0.1, 0.15) is 29.5 Å². The third-order valence-corrected chi connectivity index (χ3v) is 3.29. The fourth-order valence-electron chi connectivity index (χ4n) is 2.27. The molecule has 4 nitrogen and oxygen atoms in total. The zero-order chi connectivity index (χ0) is 12.3. The molecular weight excluding hydrogens is 216 g/mol. The Bertz CT molecular complexity index is 379. The van der Waals surface area contributed by atoms with Gasteiger partial charge in [-0.3, -0.25) is 9.69 Å². The van der Waals surface area contributed by atoms with Gasteiger partial charge in [-0.05, 0) is 26.0 Å². The summed E-state index contributed by atoms with van der Waals surface area (Å²) in [5.74, 6) is 0.818. The van der Waals surface area contributed by atoms with Crippen LogP contribution in [0.3, 0.4) is 0 Å². The highest BCUT2D eigenvalue weighted by molar-refractivity contribution is 5.95. The zero-order valence-electron chi connectivity index (χ0n) is 10.6. The maximum Gasteiger partial charge on any atom is 0.257 e. The number of piperazine rings is 1. The molecule has 4 heteroatoms. The molecule has 0 radical (unpaired) electrons. The average Bonchev–Trinajstić information content (AvgIpc) is 2.76. The molecule has 0 atom stereocenters. The summed E-state index contributed by atoms with van der Waals surface area (Å²) < 4.78 is 5.18. The summed E-state index contributed by atoms with van der Waals surface area (Å²) in [4.78, 5) is 16.5. The molecule has 94 valence electrons. The second-order valence-corrected chi connectivity index (χ2v) is 4.52. The van der Waals surface area contributed by atoms with Gasteiger partial charge in [-0.15, -0.1) is 0 Å². The van der Waals surface area contributed by atoms with Crippen molar-refractivity contribution in [1.82, 2.24) is 9.80 Å². The standard InChI is InChI=1S/C13H20N2O2/c1-3-5-14-6-8-15(9-7-14)13(16)12-4-10-17-11(12)2/h4,10H,3,5-9H2,1-2H3. The van der Waals surface area contributed by atoms with Crippen molar-refractivity contribution < 1.29 is 9.21 Å². The number of hydrogen-bond donors (Lipinski definition) is 0. The maximum absolute atomic E-state index is 12.2. The Morgan fingerprint density at radius 3 is 2.59 bits per heavy atom. The van der Waals surface area contributed by atoms with Gasteiger partial charge in [0, 0.05) is 26.2 Å². The Morgan fingerprint density at radius 1 is 1.35 bits per heavy atom. The molecular formula is C13H20N2O2. The van der Waals surface area contributed by atoms with Gasteiger partial charge in [0.05, 0.1) is 11.8 Å². The summed E-state index contributed by atoms with van der Waals surface area (Å²) in [5.41, 5.74) is 0.703. The number of carbonyl (C=O) groups excluding carboxylic acids is 1. The van der Waals surface area contributed by atoms with Gasteiger partial charge in [0.15, 0.2) is 0 Å². The van der Waals surface area contributed by atoms with E-state index in [9.17, 15) is 4.79 Å². The van der Waals surface area contributed by atoms with Crippen LogP contribution >= 0.6 is 0 Å². The van der Waals surface area contributed by atoms with E-state index >= 15 is 0 Å². The molecule has 2 rings (SSSR count). The second kappa shape index (κ2) is 5.36. The minimum atomic E-state index is 0.104. The molecule has 0 saturated carbocycles. The number of rotatable bonds is 3. The van der Waals surface area contributed by atoms with Crippen LogP contribution in [-0.2, 0) is 0 Å². The first-order valence-corrected chi connectivity index (χ1v) is 6.28. The first-order valence-electron chi connectivity index (χ1n) is 6.28. The van der Waals surface area contributed by atoms with Gasteiger partial charge in [0.1, 0.15) is 5.76 Å². The minimum Gasteiger partial charge on any atom is -0.469 e. The van der Waals surface area contributed by atoms with Crippen molar-refractivity contribution in [2.45, 2.75) is 20.3 Å². The predicted molar refractivity (Wildman–Crippen MR) is 66.1 cm³/mol. The Balaban J connectivity index is 1.93. The van der Waals surface area contributed by atoms with Crippen molar-refractivity contribution in [3.63, 3.8) is 0 Å². The van der Waals surface area contributed by atoms with Crippen LogP contribution in [0.2, 0.25) is 0 Å². The van der Waals surface area contributed by atoms with Gasteiger partial charge >= 0.3 is 0 Å². The van der Waals surface area contributed by atoms with Crippen molar-refractivity contribution in [1.29, 1.82) is 0 Å². The van der Waals surface area contributed by atoms with Crippen LogP contribution in [-0.4, -0.2) is 48.4 Å². The Morgan fingerprint density at radius 2 is 2.06 bits per heavy atom. The molecule has 17 heavy (non-hydrogen) atoms. The lowest BCUT2D eigenvalue weighted by Gasteiger charge is -2.34. The lowest BCUT2D eigenvalue weighted by atomic mass is 10.2. The highest BCUT2D eigenvalue weighted by Gasteiger charge is 2.23. The van der Waals surface area contributed by atoms with Gasteiger partial charge in [0.2, 0.25) is 0 Å². The first-order chi connectivity index (χ1) is 8.22. The van der Waals surface area contributed by atoms with Crippen LogP contribution in [0.5, 0.6) is 0 Å². The second-order valence-electron chi connectivity index (χ2n) is 4.52. The van der Waals surface area contributed by atoms with Gasteiger partial charge < -0.3 is 9.32 Å². The predicted octanol–water partition coefficient (Wildman–Crippen LogP) is 1.76. The fourth-order valence-corrected chi connectivity index (χ4v) is 2.27. The summed E-state index contributed by atoms with van der Waals surface area (Å²) in [7, 11) is 0. The monoisotopic (exact) mass is 236 g/mol. The zero-order valence-corrected chi connectivity index (χ0v) is 10.6. The van der Waals surface area contributed by atoms with E-state index < -0.39 is 0 Å². The fraction of sp³-hybridized carbons (Fsp3) is 0.615. The van der Waals surface area contributed by atoms with Crippen molar-refractivity contribution in [3.05, 3.63) is 23.7 Å². The molecule has 1 amide bonds. The summed E-state index contributed by atoms with van der Waals surface area (Å²) in [6, 6.07) is 1.76. The minimum absolute atomic E-state index is 0.104. The van der Waals surface area contributed by atoms with Crippen molar-refractivity contribution in [3.8, 4) is 0 Å². The molecule has 1 fully saturated rings. The lowest BCUT2D eigenvalue weighted by Crippen LogP contribution is -2.48. The van der Waals surface area contributed by atoms with Crippen molar-refractivity contribution >= 4 is 5.91 Å².